The molecule has 0 spiro atoms. The molecule has 1 aromatic carbocycles. The molecule has 0 N–H and O–H groups in total. The molecule has 3 saturated heterocycles. The van der Waals surface area contributed by atoms with Crippen molar-refractivity contribution in [2.45, 2.75) is 37.8 Å². The quantitative estimate of drug-likeness (QED) is 0.400. The number of carbonyl (C=O) groups is 1. The minimum atomic E-state index is -0.268. The number of carbonyl (C=O) groups excluding carboxylic acids is 1. The summed E-state index contributed by atoms with van der Waals surface area (Å²) in [5, 5.41) is 10.5. The highest BCUT2D eigenvalue weighted by Gasteiger charge is 2.33. The van der Waals surface area contributed by atoms with Crippen LogP contribution in [0.1, 0.15) is 24.8 Å². The Morgan fingerprint density at radius 2 is 2.05 bits per heavy atom. The summed E-state index contributed by atoms with van der Waals surface area (Å²) in [6.45, 7) is 7.65. The van der Waals surface area contributed by atoms with Crippen LogP contribution in [0.2, 0.25) is 0 Å². The van der Waals surface area contributed by atoms with Crippen LogP contribution in [-0.2, 0) is 16.0 Å². The summed E-state index contributed by atoms with van der Waals surface area (Å²) in [4.78, 5) is 31.6. The second-order valence-corrected chi connectivity index (χ2v) is 12.2. The Kier molecular flexibility index (Phi) is 9.09. The van der Waals surface area contributed by atoms with Gasteiger partial charge in [-0.3, -0.25) is 9.69 Å². The molecule has 0 saturated carbocycles. The molecule has 0 unspecified atom stereocenters. The van der Waals surface area contributed by atoms with E-state index in [4.69, 9.17) is 24.2 Å². The summed E-state index contributed by atoms with van der Waals surface area (Å²) < 4.78 is 18.7. The molecule has 4 aliphatic heterocycles. The number of morpholine rings is 1. The van der Waals surface area contributed by atoms with Crippen LogP contribution in [0.5, 0.6) is 11.8 Å². The van der Waals surface area contributed by atoms with Gasteiger partial charge in [-0.15, -0.1) is 0 Å². The molecule has 2 atom stereocenters. The van der Waals surface area contributed by atoms with Crippen LogP contribution in [0.25, 0.3) is 10.9 Å². The Labute approximate surface area is 255 Å². The van der Waals surface area contributed by atoms with Crippen LogP contribution >= 0.6 is 15.9 Å². The first-order valence-electron chi connectivity index (χ1n) is 14.9. The van der Waals surface area contributed by atoms with Gasteiger partial charge in [-0.1, -0.05) is 22.0 Å². The summed E-state index contributed by atoms with van der Waals surface area (Å²) in [7, 11) is 2.12. The van der Waals surface area contributed by atoms with E-state index in [0.29, 0.717) is 51.4 Å². The summed E-state index contributed by atoms with van der Waals surface area (Å²) in [6.07, 6.45) is 6.88. The van der Waals surface area contributed by atoms with Crippen LogP contribution in [-0.4, -0.2) is 122 Å². The van der Waals surface area contributed by atoms with Gasteiger partial charge in [-0.05, 0) is 32.5 Å². The number of rotatable bonds is 8. The molecule has 6 rings (SSSR count). The Balaban J connectivity index is 1.25. The number of hydrogen-bond donors (Lipinski definition) is 0. The first-order chi connectivity index (χ1) is 20.5. The fourth-order valence-electron chi connectivity index (χ4n) is 6.34. The van der Waals surface area contributed by atoms with Crippen LogP contribution in [0.3, 0.4) is 0 Å². The van der Waals surface area contributed by atoms with Gasteiger partial charge in [-0.2, -0.15) is 15.2 Å². The van der Waals surface area contributed by atoms with Crippen molar-refractivity contribution in [3.8, 4) is 17.8 Å². The van der Waals surface area contributed by atoms with E-state index in [-0.39, 0.29) is 18.4 Å². The molecule has 12 heteroatoms. The summed E-state index contributed by atoms with van der Waals surface area (Å²) >= 11 is 3.72. The van der Waals surface area contributed by atoms with E-state index in [9.17, 15) is 10.1 Å². The molecular formula is C30H38BrN7O4. The zero-order chi connectivity index (χ0) is 29.1. The third-order valence-electron chi connectivity index (χ3n) is 8.75. The molecule has 0 radical (unpaired) electrons. The average molecular weight is 641 g/mol. The largest absolute Gasteiger partial charge is 0.492 e. The molecule has 2 aromatic rings. The lowest BCUT2D eigenvalue weighted by Crippen LogP contribution is -2.55. The van der Waals surface area contributed by atoms with E-state index in [2.05, 4.69) is 43.7 Å². The van der Waals surface area contributed by atoms with Crippen LogP contribution < -0.4 is 14.4 Å². The zero-order valence-corrected chi connectivity index (χ0v) is 25.7. The van der Waals surface area contributed by atoms with Crippen LogP contribution in [0.4, 0.5) is 5.82 Å². The number of fused-ring (bicyclic) bond motifs is 3. The van der Waals surface area contributed by atoms with E-state index < -0.39 is 0 Å². The van der Waals surface area contributed by atoms with Gasteiger partial charge in [0.1, 0.15) is 18.2 Å². The number of nitrogens with zero attached hydrogens (tertiary/aromatic N) is 7. The number of nitriles is 1. The van der Waals surface area contributed by atoms with Gasteiger partial charge in [-0.25, -0.2) is 0 Å². The highest BCUT2D eigenvalue weighted by Crippen LogP contribution is 2.43. The van der Waals surface area contributed by atoms with Gasteiger partial charge < -0.3 is 28.9 Å². The average Bonchev–Trinajstić information content (AvgIpc) is 3.66. The number of amides is 1. The van der Waals surface area contributed by atoms with Gasteiger partial charge in [0, 0.05) is 67.8 Å². The van der Waals surface area contributed by atoms with Gasteiger partial charge in [0.15, 0.2) is 0 Å². The Morgan fingerprint density at radius 3 is 2.83 bits per heavy atom. The minimum Gasteiger partial charge on any atom is -0.492 e. The molecular weight excluding hydrogens is 602 g/mol. The van der Waals surface area contributed by atoms with Crippen molar-refractivity contribution in [3.63, 3.8) is 0 Å². The Hall–Kier alpha value is -2.98. The zero-order valence-electron chi connectivity index (χ0n) is 24.1. The third kappa shape index (κ3) is 6.20. The molecule has 11 nitrogen and oxygen atoms in total. The van der Waals surface area contributed by atoms with E-state index in [1.807, 2.05) is 17.0 Å². The topological polar surface area (TPSA) is 107 Å². The molecule has 42 heavy (non-hydrogen) atoms. The summed E-state index contributed by atoms with van der Waals surface area (Å²) in [6, 6.07) is 4.73. The number of halogens is 1. The van der Waals surface area contributed by atoms with Crippen molar-refractivity contribution < 1.29 is 19.0 Å². The van der Waals surface area contributed by atoms with Crippen molar-refractivity contribution in [1.29, 1.82) is 5.26 Å². The number of hydrogen-bond acceptors (Lipinski definition) is 10. The number of anilines is 1. The summed E-state index contributed by atoms with van der Waals surface area (Å²) in [5.41, 5.74) is 1.87. The lowest BCUT2D eigenvalue weighted by atomic mass is 10.1. The van der Waals surface area contributed by atoms with Crippen molar-refractivity contribution in [3.05, 3.63) is 28.3 Å². The summed E-state index contributed by atoms with van der Waals surface area (Å²) in [5.74, 6) is 1.48. The molecule has 0 aliphatic carbocycles. The second-order valence-electron chi connectivity index (χ2n) is 11.4. The molecule has 0 bridgehead atoms. The molecule has 1 aromatic heterocycles. The third-order valence-corrected chi connectivity index (χ3v) is 9.45. The smallest absolute Gasteiger partial charge is 0.319 e. The van der Waals surface area contributed by atoms with Crippen molar-refractivity contribution in [2.24, 2.45) is 0 Å². The van der Waals surface area contributed by atoms with Gasteiger partial charge >= 0.3 is 6.01 Å². The number of benzene rings is 1. The normalized spacial score (nSPS) is 23.4. The first-order valence-corrected chi connectivity index (χ1v) is 15.7. The van der Waals surface area contributed by atoms with Crippen molar-refractivity contribution in [2.75, 3.05) is 84.2 Å². The van der Waals surface area contributed by atoms with Crippen molar-refractivity contribution >= 4 is 38.6 Å². The van der Waals surface area contributed by atoms with Crippen LogP contribution in [0, 0.1) is 11.3 Å². The van der Waals surface area contributed by atoms with Gasteiger partial charge in [0.25, 0.3) is 0 Å². The minimum absolute atomic E-state index is 0.0615. The van der Waals surface area contributed by atoms with Gasteiger partial charge in [0.05, 0.1) is 49.3 Å². The van der Waals surface area contributed by atoms with Crippen LogP contribution in [0.15, 0.2) is 22.7 Å². The van der Waals surface area contributed by atoms with E-state index >= 15 is 0 Å². The fraction of sp³-hybridized carbons (Fsp3) is 0.600. The van der Waals surface area contributed by atoms with E-state index in [0.717, 1.165) is 84.6 Å². The highest BCUT2D eigenvalue weighted by molar-refractivity contribution is 9.10. The maximum Gasteiger partial charge on any atom is 0.319 e. The molecule has 4 aliphatic rings. The highest BCUT2D eigenvalue weighted by atomic mass is 79.9. The number of piperazine rings is 1. The predicted octanol–water partition coefficient (Wildman–Crippen LogP) is 2.62. The van der Waals surface area contributed by atoms with Crippen molar-refractivity contribution in [1.82, 2.24) is 24.7 Å². The maximum absolute atomic E-state index is 13.3. The second kappa shape index (κ2) is 13.1. The van der Waals surface area contributed by atoms with E-state index in [1.165, 1.54) is 0 Å². The number of likely N-dealkylation sites (tertiary alicyclic amines) is 1. The lowest BCUT2D eigenvalue weighted by Gasteiger charge is -2.41. The molecule has 1 amide bonds. The van der Waals surface area contributed by atoms with Gasteiger partial charge in [0.2, 0.25) is 5.91 Å². The SMILES string of the molecule is CN1CCC[C@H]1COc1nc(N2CCN(C(=O)/C=C/CN3CCOCC3)[C@@H](CC#N)C2)c2c3c(c(Br)cc2n1)CCO3. The number of ether oxygens (including phenoxy) is 3. The fourth-order valence-corrected chi connectivity index (χ4v) is 6.93. The Morgan fingerprint density at radius 1 is 1.19 bits per heavy atom. The lowest BCUT2D eigenvalue weighted by molar-refractivity contribution is -0.128. The monoisotopic (exact) mass is 639 g/mol. The molecule has 3 fully saturated rings. The predicted molar refractivity (Wildman–Crippen MR) is 162 cm³/mol. The maximum atomic E-state index is 13.3. The first kappa shape index (κ1) is 29.1. The Bertz CT molecular complexity index is 1380. The standard InChI is InChI=1S/C30H38BrN7O4/c1-35-9-2-4-22(35)20-42-30-33-25-18-24(31)23-7-15-41-28(23)27(25)29(34-30)37-11-12-38(21(19-37)6-8-32)26(39)5-3-10-36-13-16-40-17-14-36/h3,5,18,21-22H,2,4,6-7,9-17,19-20H2,1H3/b5-3+/t21-,22-/m0/s1. The van der Waals surface area contributed by atoms with E-state index in [1.54, 1.807) is 6.08 Å². The molecule has 224 valence electrons. The number of aromatic nitrogens is 2. The molecule has 5 heterocycles. The number of likely N-dealkylation sites (N-methyl/N-ethyl adjacent to an activating group) is 1.